The SMILES string of the molecule is COC(=O)/C(=N\O)c1cc(OC)no1. The average Bonchev–Trinajstić information content (AvgIpc) is 2.67. The van der Waals surface area contributed by atoms with Gasteiger partial charge in [-0.3, -0.25) is 0 Å². The van der Waals surface area contributed by atoms with Gasteiger partial charge >= 0.3 is 5.97 Å². The zero-order chi connectivity index (χ0) is 10.6. The van der Waals surface area contributed by atoms with Gasteiger partial charge in [0.2, 0.25) is 5.71 Å². The summed E-state index contributed by atoms with van der Waals surface area (Å²) in [6, 6.07) is 1.30. The number of carbonyl (C=O) groups is 1. The van der Waals surface area contributed by atoms with E-state index in [-0.39, 0.29) is 17.4 Å². The zero-order valence-electron chi connectivity index (χ0n) is 7.55. The summed E-state index contributed by atoms with van der Waals surface area (Å²) >= 11 is 0. The zero-order valence-corrected chi connectivity index (χ0v) is 7.55. The first kappa shape index (κ1) is 10.0. The van der Waals surface area contributed by atoms with Gasteiger partial charge < -0.3 is 19.2 Å². The van der Waals surface area contributed by atoms with Crippen LogP contribution in [0, 0.1) is 0 Å². The van der Waals surface area contributed by atoms with Crippen LogP contribution in [0.4, 0.5) is 0 Å². The number of ether oxygens (including phenoxy) is 2. The molecule has 0 radical (unpaired) electrons. The number of aromatic nitrogens is 1. The highest BCUT2D eigenvalue weighted by molar-refractivity contribution is 6.42. The number of oxime groups is 1. The van der Waals surface area contributed by atoms with E-state index >= 15 is 0 Å². The predicted molar refractivity (Wildman–Crippen MR) is 43.4 cm³/mol. The Morgan fingerprint density at radius 1 is 1.64 bits per heavy atom. The van der Waals surface area contributed by atoms with Gasteiger partial charge in [0.15, 0.2) is 5.76 Å². The van der Waals surface area contributed by atoms with Crippen molar-refractivity contribution < 1.29 is 24.0 Å². The third-order valence-corrected chi connectivity index (χ3v) is 1.41. The summed E-state index contributed by atoms with van der Waals surface area (Å²) in [6.45, 7) is 0. The second kappa shape index (κ2) is 4.26. The number of esters is 1. The summed E-state index contributed by atoms with van der Waals surface area (Å²) in [6.07, 6.45) is 0. The van der Waals surface area contributed by atoms with Crippen molar-refractivity contribution in [1.82, 2.24) is 5.16 Å². The molecule has 1 rings (SSSR count). The lowest BCUT2D eigenvalue weighted by molar-refractivity contribution is -0.132. The summed E-state index contributed by atoms with van der Waals surface area (Å²) in [5, 5.41) is 14.7. The molecule has 0 bridgehead atoms. The molecule has 0 saturated heterocycles. The number of nitrogens with zero attached hydrogens (tertiary/aromatic N) is 2. The van der Waals surface area contributed by atoms with Crippen molar-refractivity contribution in [3.05, 3.63) is 11.8 Å². The van der Waals surface area contributed by atoms with Crippen LogP contribution in [-0.4, -0.2) is 36.3 Å². The molecule has 0 unspecified atom stereocenters. The predicted octanol–water partition coefficient (Wildman–Crippen LogP) is 0.0345. The molecule has 7 nitrogen and oxygen atoms in total. The molecular weight excluding hydrogens is 192 g/mol. The lowest BCUT2D eigenvalue weighted by Gasteiger charge is -1.95. The Morgan fingerprint density at radius 3 is 2.79 bits per heavy atom. The van der Waals surface area contributed by atoms with Crippen LogP contribution in [0.25, 0.3) is 0 Å². The number of methoxy groups -OCH3 is 2. The van der Waals surface area contributed by atoms with Crippen LogP contribution < -0.4 is 4.74 Å². The van der Waals surface area contributed by atoms with Crippen LogP contribution in [0.1, 0.15) is 5.76 Å². The van der Waals surface area contributed by atoms with E-state index in [0.717, 1.165) is 7.11 Å². The average molecular weight is 200 g/mol. The fourth-order valence-electron chi connectivity index (χ4n) is 0.754. The second-order valence-electron chi connectivity index (χ2n) is 2.17. The number of carbonyl (C=O) groups excluding carboxylic acids is 1. The van der Waals surface area contributed by atoms with Crippen molar-refractivity contribution >= 4 is 11.7 Å². The summed E-state index contributed by atoms with van der Waals surface area (Å²) in [4.78, 5) is 11.0. The van der Waals surface area contributed by atoms with E-state index in [1.54, 1.807) is 0 Å². The molecule has 76 valence electrons. The maximum absolute atomic E-state index is 11.0. The second-order valence-corrected chi connectivity index (χ2v) is 2.17. The Hall–Kier alpha value is -2.05. The van der Waals surface area contributed by atoms with Crippen LogP contribution in [0.15, 0.2) is 15.7 Å². The minimum atomic E-state index is -0.827. The van der Waals surface area contributed by atoms with Gasteiger partial charge in [0, 0.05) is 0 Å². The molecule has 1 aromatic heterocycles. The molecule has 0 saturated carbocycles. The van der Waals surface area contributed by atoms with E-state index in [0.29, 0.717) is 0 Å². The standard InChI is InChI=1S/C7H8N2O5/c1-12-5-3-4(14-9-5)6(8-11)7(10)13-2/h3,11H,1-2H3/b8-6-. The number of hydrogen-bond acceptors (Lipinski definition) is 7. The van der Waals surface area contributed by atoms with Gasteiger partial charge in [-0.05, 0) is 5.16 Å². The first-order chi connectivity index (χ1) is 6.72. The monoisotopic (exact) mass is 200 g/mol. The molecule has 0 aromatic carbocycles. The minimum absolute atomic E-state index is 0.0313. The van der Waals surface area contributed by atoms with Gasteiger partial charge in [0.25, 0.3) is 5.88 Å². The smallest absolute Gasteiger partial charge is 0.364 e. The van der Waals surface area contributed by atoms with Crippen molar-refractivity contribution in [2.45, 2.75) is 0 Å². The van der Waals surface area contributed by atoms with E-state index in [1.807, 2.05) is 0 Å². The van der Waals surface area contributed by atoms with Crippen molar-refractivity contribution in [2.24, 2.45) is 5.16 Å². The first-order valence-electron chi connectivity index (χ1n) is 3.54. The van der Waals surface area contributed by atoms with Crippen LogP contribution in [0.3, 0.4) is 0 Å². The Kier molecular flexibility index (Phi) is 3.05. The number of hydrogen-bond donors (Lipinski definition) is 1. The fourth-order valence-corrected chi connectivity index (χ4v) is 0.754. The molecular formula is C7H8N2O5. The molecule has 0 aliphatic carbocycles. The maximum atomic E-state index is 11.0. The minimum Gasteiger partial charge on any atom is -0.479 e. The van der Waals surface area contributed by atoms with Crippen molar-refractivity contribution in [2.75, 3.05) is 14.2 Å². The fraction of sp³-hybridized carbons (Fsp3) is 0.286. The molecule has 0 atom stereocenters. The molecule has 1 N–H and O–H groups in total. The Labute approximate surface area is 78.9 Å². The van der Waals surface area contributed by atoms with Gasteiger partial charge in [-0.1, -0.05) is 5.16 Å². The molecule has 0 fully saturated rings. The molecule has 0 aliphatic heterocycles. The quantitative estimate of drug-likeness (QED) is 0.320. The van der Waals surface area contributed by atoms with Crippen LogP contribution >= 0.6 is 0 Å². The Morgan fingerprint density at radius 2 is 2.36 bits per heavy atom. The maximum Gasteiger partial charge on any atom is 0.364 e. The lowest BCUT2D eigenvalue weighted by atomic mass is 10.3. The highest BCUT2D eigenvalue weighted by Crippen LogP contribution is 2.11. The molecule has 1 aromatic rings. The first-order valence-corrected chi connectivity index (χ1v) is 3.54. The molecule has 0 spiro atoms. The molecule has 14 heavy (non-hydrogen) atoms. The van der Waals surface area contributed by atoms with Gasteiger partial charge in [0.1, 0.15) is 0 Å². The van der Waals surface area contributed by atoms with E-state index in [2.05, 4.69) is 19.6 Å². The third kappa shape index (κ3) is 1.82. The Balaban J connectivity index is 2.96. The molecule has 0 amide bonds. The molecule has 0 aliphatic rings. The van der Waals surface area contributed by atoms with E-state index in [1.165, 1.54) is 13.2 Å². The van der Waals surface area contributed by atoms with Crippen molar-refractivity contribution in [1.29, 1.82) is 0 Å². The Bertz CT molecular complexity index is 357. The topological polar surface area (TPSA) is 94.2 Å². The number of rotatable bonds is 3. The van der Waals surface area contributed by atoms with Crippen LogP contribution in [-0.2, 0) is 9.53 Å². The third-order valence-electron chi connectivity index (χ3n) is 1.41. The molecule has 7 heteroatoms. The van der Waals surface area contributed by atoms with Crippen LogP contribution in [0.5, 0.6) is 5.88 Å². The van der Waals surface area contributed by atoms with Gasteiger partial charge in [-0.25, -0.2) is 4.79 Å². The van der Waals surface area contributed by atoms with Crippen molar-refractivity contribution in [3.63, 3.8) is 0 Å². The van der Waals surface area contributed by atoms with E-state index < -0.39 is 5.97 Å². The summed E-state index contributed by atoms with van der Waals surface area (Å²) in [5.74, 6) is -0.687. The van der Waals surface area contributed by atoms with Gasteiger partial charge in [0.05, 0.1) is 20.3 Å². The van der Waals surface area contributed by atoms with E-state index in [4.69, 9.17) is 9.94 Å². The normalized spacial score (nSPS) is 11.1. The van der Waals surface area contributed by atoms with Crippen LogP contribution in [0.2, 0.25) is 0 Å². The van der Waals surface area contributed by atoms with Gasteiger partial charge in [-0.2, -0.15) is 0 Å². The van der Waals surface area contributed by atoms with E-state index in [9.17, 15) is 4.79 Å². The highest BCUT2D eigenvalue weighted by Gasteiger charge is 2.20. The lowest BCUT2D eigenvalue weighted by Crippen LogP contribution is -2.16. The van der Waals surface area contributed by atoms with Crippen molar-refractivity contribution in [3.8, 4) is 5.88 Å². The molecule has 1 heterocycles. The summed E-state index contributed by atoms with van der Waals surface area (Å²) in [5.41, 5.74) is -0.372. The summed E-state index contributed by atoms with van der Waals surface area (Å²) < 4.78 is 13.7. The van der Waals surface area contributed by atoms with Gasteiger partial charge in [-0.15, -0.1) is 0 Å². The highest BCUT2D eigenvalue weighted by atomic mass is 16.5. The summed E-state index contributed by atoms with van der Waals surface area (Å²) in [7, 11) is 2.54. The largest absolute Gasteiger partial charge is 0.479 e.